The van der Waals surface area contributed by atoms with Gasteiger partial charge in [0.2, 0.25) is 0 Å². The molecule has 2 rings (SSSR count). The first-order valence-electron chi connectivity index (χ1n) is 6.71. The summed E-state index contributed by atoms with van der Waals surface area (Å²) < 4.78 is 5.07. The third-order valence-corrected chi connectivity index (χ3v) is 4.36. The van der Waals surface area contributed by atoms with Crippen LogP contribution in [0, 0.1) is 11.3 Å². The SMILES string of the molecule is CCOC(=O)C1=C(O)C2(CCCC2)CCC1C. The van der Waals surface area contributed by atoms with Crippen molar-refractivity contribution in [1.82, 2.24) is 0 Å². The highest BCUT2D eigenvalue weighted by Gasteiger charge is 2.44. The van der Waals surface area contributed by atoms with Gasteiger partial charge in [0.1, 0.15) is 5.76 Å². The first-order chi connectivity index (χ1) is 8.10. The summed E-state index contributed by atoms with van der Waals surface area (Å²) in [7, 11) is 0. The molecule has 0 aromatic carbocycles. The molecule has 0 aromatic rings. The molecule has 96 valence electrons. The molecule has 2 aliphatic rings. The fourth-order valence-corrected chi connectivity index (χ4v) is 3.32. The molecule has 1 unspecified atom stereocenters. The maximum atomic E-state index is 11.9. The Labute approximate surface area is 103 Å². The van der Waals surface area contributed by atoms with Gasteiger partial charge >= 0.3 is 5.97 Å². The molecule has 1 N–H and O–H groups in total. The Balaban J connectivity index is 2.33. The number of allylic oxidation sites excluding steroid dienone is 1. The van der Waals surface area contributed by atoms with Gasteiger partial charge in [0.25, 0.3) is 0 Å². The van der Waals surface area contributed by atoms with Gasteiger partial charge in [-0.2, -0.15) is 0 Å². The van der Waals surface area contributed by atoms with Gasteiger partial charge in [-0.05, 0) is 38.5 Å². The number of carbonyl (C=O) groups excluding carboxylic acids is 1. The second-order valence-electron chi connectivity index (χ2n) is 5.41. The average molecular weight is 238 g/mol. The van der Waals surface area contributed by atoms with E-state index >= 15 is 0 Å². The van der Waals surface area contributed by atoms with Crippen LogP contribution in [0.4, 0.5) is 0 Å². The van der Waals surface area contributed by atoms with Crippen LogP contribution in [-0.4, -0.2) is 17.7 Å². The lowest BCUT2D eigenvalue weighted by Gasteiger charge is -2.36. The topological polar surface area (TPSA) is 46.5 Å². The second kappa shape index (κ2) is 4.71. The van der Waals surface area contributed by atoms with Crippen molar-refractivity contribution in [1.29, 1.82) is 0 Å². The summed E-state index contributed by atoms with van der Waals surface area (Å²) in [4.78, 5) is 11.9. The van der Waals surface area contributed by atoms with Crippen molar-refractivity contribution in [3.8, 4) is 0 Å². The van der Waals surface area contributed by atoms with Crippen molar-refractivity contribution >= 4 is 5.97 Å². The van der Waals surface area contributed by atoms with Crippen LogP contribution in [0.2, 0.25) is 0 Å². The van der Waals surface area contributed by atoms with E-state index in [4.69, 9.17) is 4.74 Å². The molecule has 0 aliphatic heterocycles. The maximum absolute atomic E-state index is 11.9. The monoisotopic (exact) mass is 238 g/mol. The van der Waals surface area contributed by atoms with Crippen molar-refractivity contribution in [2.45, 2.75) is 52.4 Å². The molecule has 0 aromatic heterocycles. The zero-order valence-electron chi connectivity index (χ0n) is 10.8. The zero-order chi connectivity index (χ0) is 12.5. The molecular weight excluding hydrogens is 216 g/mol. The maximum Gasteiger partial charge on any atom is 0.337 e. The predicted molar refractivity (Wildman–Crippen MR) is 65.6 cm³/mol. The van der Waals surface area contributed by atoms with E-state index in [1.54, 1.807) is 6.92 Å². The molecular formula is C14H22O3. The smallest absolute Gasteiger partial charge is 0.337 e. The van der Waals surface area contributed by atoms with E-state index in [0.29, 0.717) is 17.9 Å². The Morgan fingerprint density at radius 3 is 2.65 bits per heavy atom. The summed E-state index contributed by atoms with van der Waals surface area (Å²) in [6, 6.07) is 0. The van der Waals surface area contributed by atoms with E-state index in [9.17, 15) is 9.90 Å². The van der Waals surface area contributed by atoms with Gasteiger partial charge in [-0.1, -0.05) is 19.8 Å². The molecule has 0 saturated heterocycles. The normalized spacial score (nSPS) is 27.5. The first-order valence-corrected chi connectivity index (χ1v) is 6.71. The average Bonchev–Trinajstić information content (AvgIpc) is 2.75. The minimum atomic E-state index is -0.316. The van der Waals surface area contributed by atoms with Crippen LogP contribution < -0.4 is 0 Å². The van der Waals surface area contributed by atoms with Crippen LogP contribution in [0.25, 0.3) is 0 Å². The highest BCUT2D eigenvalue weighted by molar-refractivity contribution is 5.90. The van der Waals surface area contributed by atoms with Gasteiger partial charge in [0.15, 0.2) is 0 Å². The summed E-state index contributed by atoms with van der Waals surface area (Å²) in [6.07, 6.45) is 6.37. The Hall–Kier alpha value is -0.990. The lowest BCUT2D eigenvalue weighted by atomic mass is 9.70. The summed E-state index contributed by atoms with van der Waals surface area (Å²) in [5, 5.41) is 10.5. The molecule has 1 fully saturated rings. The number of rotatable bonds is 2. The van der Waals surface area contributed by atoms with Crippen LogP contribution in [0.15, 0.2) is 11.3 Å². The van der Waals surface area contributed by atoms with E-state index in [2.05, 4.69) is 0 Å². The van der Waals surface area contributed by atoms with Gasteiger partial charge in [-0.25, -0.2) is 4.79 Å². The van der Waals surface area contributed by atoms with Gasteiger partial charge in [0.05, 0.1) is 12.2 Å². The van der Waals surface area contributed by atoms with Crippen molar-refractivity contribution in [3.63, 3.8) is 0 Å². The fraction of sp³-hybridized carbons (Fsp3) is 0.786. The van der Waals surface area contributed by atoms with Crippen molar-refractivity contribution in [3.05, 3.63) is 11.3 Å². The van der Waals surface area contributed by atoms with Crippen molar-refractivity contribution in [2.24, 2.45) is 11.3 Å². The Morgan fingerprint density at radius 2 is 2.06 bits per heavy atom. The summed E-state index contributed by atoms with van der Waals surface area (Å²) in [5.41, 5.74) is 0.439. The number of aliphatic hydroxyl groups excluding tert-OH is 1. The number of hydrogen-bond acceptors (Lipinski definition) is 3. The lowest BCUT2D eigenvalue weighted by molar-refractivity contribution is -0.139. The predicted octanol–water partition coefficient (Wildman–Crippen LogP) is 3.35. The fourth-order valence-electron chi connectivity index (χ4n) is 3.32. The molecule has 1 saturated carbocycles. The Bertz CT molecular complexity index is 337. The standard InChI is InChI=1S/C14H22O3/c1-3-17-13(16)11-10(2)6-9-14(12(11)15)7-4-5-8-14/h10,15H,3-9H2,1-2H3. The summed E-state index contributed by atoms with van der Waals surface area (Å²) >= 11 is 0. The number of ether oxygens (including phenoxy) is 1. The molecule has 1 atom stereocenters. The minimum absolute atomic E-state index is 0.103. The number of carbonyl (C=O) groups is 1. The third-order valence-electron chi connectivity index (χ3n) is 4.36. The molecule has 2 aliphatic carbocycles. The van der Waals surface area contributed by atoms with Crippen LogP contribution in [0.1, 0.15) is 52.4 Å². The van der Waals surface area contributed by atoms with E-state index in [0.717, 1.165) is 38.5 Å². The van der Waals surface area contributed by atoms with Gasteiger partial charge in [-0.15, -0.1) is 0 Å². The Kier molecular flexibility index (Phi) is 3.45. The minimum Gasteiger partial charge on any atom is -0.511 e. The van der Waals surface area contributed by atoms with Crippen LogP contribution >= 0.6 is 0 Å². The molecule has 3 heteroatoms. The van der Waals surface area contributed by atoms with E-state index in [-0.39, 0.29) is 17.3 Å². The zero-order valence-corrected chi connectivity index (χ0v) is 10.8. The van der Waals surface area contributed by atoms with E-state index in [1.165, 1.54) is 0 Å². The molecule has 0 radical (unpaired) electrons. The number of aliphatic hydroxyl groups is 1. The Morgan fingerprint density at radius 1 is 1.41 bits per heavy atom. The largest absolute Gasteiger partial charge is 0.511 e. The van der Waals surface area contributed by atoms with E-state index < -0.39 is 0 Å². The molecule has 3 nitrogen and oxygen atoms in total. The quantitative estimate of drug-likeness (QED) is 0.750. The van der Waals surface area contributed by atoms with Crippen LogP contribution in [0.5, 0.6) is 0 Å². The summed E-state index contributed by atoms with van der Waals surface area (Å²) in [6.45, 7) is 4.17. The van der Waals surface area contributed by atoms with Crippen molar-refractivity contribution in [2.75, 3.05) is 6.61 Å². The number of esters is 1. The van der Waals surface area contributed by atoms with Crippen LogP contribution in [0.3, 0.4) is 0 Å². The van der Waals surface area contributed by atoms with E-state index in [1.807, 2.05) is 6.92 Å². The second-order valence-corrected chi connectivity index (χ2v) is 5.41. The number of hydrogen-bond donors (Lipinski definition) is 1. The molecule has 0 bridgehead atoms. The van der Waals surface area contributed by atoms with Gasteiger partial charge in [-0.3, -0.25) is 0 Å². The van der Waals surface area contributed by atoms with Crippen LogP contribution in [-0.2, 0) is 9.53 Å². The first kappa shape index (κ1) is 12.5. The lowest BCUT2D eigenvalue weighted by Crippen LogP contribution is -2.31. The van der Waals surface area contributed by atoms with Gasteiger partial charge in [0, 0.05) is 5.41 Å². The third kappa shape index (κ3) is 2.07. The van der Waals surface area contributed by atoms with Crippen molar-refractivity contribution < 1.29 is 14.6 Å². The highest BCUT2D eigenvalue weighted by Crippen LogP contribution is 2.52. The summed E-state index contributed by atoms with van der Waals surface area (Å²) in [5.74, 6) is 0.149. The molecule has 0 amide bonds. The molecule has 0 heterocycles. The highest BCUT2D eigenvalue weighted by atomic mass is 16.5. The molecule has 17 heavy (non-hydrogen) atoms. The molecule has 1 spiro atoms. The van der Waals surface area contributed by atoms with Gasteiger partial charge < -0.3 is 9.84 Å².